The number of para-hydroxylation sites is 2. The first-order valence-electron chi connectivity index (χ1n) is 9.56. The number of aromatic nitrogens is 2. The van der Waals surface area contributed by atoms with E-state index < -0.39 is 0 Å². The minimum Gasteiger partial charge on any atom is -0.497 e. The van der Waals surface area contributed by atoms with Crippen LogP contribution in [0.25, 0.3) is 0 Å². The molecule has 0 N–H and O–H groups in total. The first-order chi connectivity index (χ1) is 14.2. The second kappa shape index (κ2) is 8.34. The SMILES string of the molecule is COc1ccc(CCc2nc(C3CC(=O)N(c4ccccc4OC)C3)no2)cc1. The van der Waals surface area contributed by atoms with Crippen LogP contribution in [0.3, 0.4) is 0 Å². The Hall–Kier alpha value is -3.35. The molecule has 2 heterocycles. The number of aryl methyl sites for hydroxylation is 2. The third-order valence-corrected chi connectivity index (χ3v) is 5.14. The summed E-state index contributed by atoms with van der Waals surface area (Å²) in [6.07, 6.45) is 1.80. The molecule has 0 saturated carbocycles. The van der Waals surface area contributed by atoms with E-state index in [1.165, 1.54) is 5.56 Å². The number of nitrogens with zero attached hydrogens (tertiary/aromatic N) is 3. The fraction of sp³-hybridized carbons (Fsp3) is 0.318. The lowest BCUT2D eigenvalue weighted by atomic mass is 10.1. The zero-order valence-electron chi connectivity index (χ0n) is 16.5. The summed E-state index contributed by atoms with van der Waals surface area (Å²) in [6.45, 7) is 0.511. The minimum absolute atomic E-state index is 0.0316. The Morgan fingerprint density at radius 1 is 1.07 bits per heavy atom. The van der Waals surface area contributed by atoms with Gasteiger partial charge >= 0.3 is 0 Å². The number of amides is 1. The van der Waals surface area contributed by atoms with Crippen LogP contribution in [-0.4, -0.2) is 36.8 Å². The van der Waals surface area contributed by atoms with Gasteiger partial charge in [-0.2, -0.15) is 4.98 Å². The highest BCUT2D eigenvalue weighted by atomic mass is 16.5. The molecule has 1 unspecified atom stereocenters. The van der Waals surface area contributed by atoms with Gasteiger partial charge in [-0.25, -0.2) is 0 Å². The number of methoxy groups -OCH3 is 2. The van der Waals surface area contributed by atoms with Crippen molar-refractivity contribution in [3.05, 3.63) is 65.8 Å². The summed E-state index contributed by atoms with van der Waals surface area (Å²) >= 11 is 0. The quantitative estimate of drug-likeness (QED) is 0.612. The summed E-state index contributed by atoms with van der Waals surface area (Å²) in [7, 11) is 3.25. The van der Waals surface area contributed by atoms with Gasteiger partial charge in [-0.15, -0.1) is 0 Å². The highest BCUT2D eigenvalue weighted by Gasteiger charge is 2.35. The third kappa shape index (κ3) is 4.08. The summed E-state index contributed by atoms with van der Waals surface area (Å²) in [5.74, 6) is 2.61. The molecule has 1 aliphatic heterocycles. The number of benzene rings is 2. The second-order valence-corrected chi connectivity index (χ2v) is 6.97. The molecule has 150 valence electrons. The smallest absolute Gasteiger partial charge is 0.227 e. The molecule has 0 aliphatic carbocycles. The zero-order chi connectivity index (χ0) is 20.2. The molecule has 1 atom stereocenters. The second-order valence-electron chi connectivity index (χ2n) is 6.97. The lowest BCUT2D eigenvalue weighted by Crippen LogP contribution is -2.24. The predicted octanol–water partition coefficient (Wildman–Crippen LogP) is 3.39. The maximum Gasteiger partial charge on any atom is 0.227 e. The van der Waals surface area contributed by atoms with Crippen LogP contribution in [0.4, 0.5) is 5.69 Å². The minimum atomic E-state index is -0.0918. The molecule has 7 heteroatoms. The van der Waals surface area contributed by atoms with Gasteiger partial charge in [-0.1, -0.05) is 29.4 Å². The van der Waals surface area contributed by atoms with Crippen molar-refractivity contribution in [1.29, 1.82) is 0 Å². The molecular weight excluding hydrogens is 370 g/mol. The molecule has 1 amide bonds. The number of carbonyl (C=O) groups is 1. The average Bonchev–Trinajstić information content (AvgIpc) is 3.39. The van der Waals surface area contributed by atoms with E-state index in [9.17, 15) is 4.79 Å². The summed E-state index contributed by atoms with van der Waals surface area (Å²) in [5.41, 5.74) is 1.94. The van der Waals surface area contributed by atoms with Crippen LogP contribution < -0.4 is 14.4 Å². The van der Waals surface area contributed by atoms with Crippen molar-refractivity contribution in [3.8, 4) is 11.5 Å². The largest absolute Gasteiger partial charge is 0.497 e. The Kier molecular flexibility index (Phi) is 5.46. The van der Waals surface area contributed by atoms with Crippen molar-refractivity contribution in [1.82, 2.24) is 10.1 Å². The lowest BCUT2D eigenvalue weighted by molar-refractivity contribution is -0.117. The van der Waals surface area contributed by atoms with Crippen LogP contribution >= 0.6 is 0 Å². The number of hydrogen-bond donors (Lipinski definition) is 0. The molecule has 0 radical (unpaired) electrons. The first kappa shape index (κ1) is 19.0. The Morgan fingerprint density at radius 2 is 1.86 bits per heavy atom. The van der Waals surface area contributed by atoms with Crippen molar-refractivity contribution in [3.63, 3.8) is 0 Å². The highest BCUT2D eigenvalue weighted by molar-refractivity contribution is 5.97. The van der Waals surface area contributed by atoms with Crippen molar-refractivity contribution < 1.29 is 18.8 Å². The normalized spacial score (nSPS) is 16.3. The Balaban J connectivity index is 1.41. The van der Waals surface area contributed by atoms with E-state index in [4.69, 9.17) is 14.0 Å². The molecule has 1 saturated heterocycles. The molecule has 1 aromatic heterocycles. The van der Waals surface area contributed by atoms with Crippen LogP contribution in [0.15, 0.2) is 53.1 Å². The van der Waals surface area contributed by atoms with Gasteiger partial charge in [-0.3, -0.25) is 4.79 Å². The van der Waals surface area contributed by atoms with Crippen LogP contribution in [0.2, 0.25) is 0 Å². The van der Waals surface area contributed by atoms with Gasteiger partial charge < -0.3 is 18.9 Å². The van der Waals surface area contributed by atoms with Gasteiger partial charge in [0, 0.05) is 25.3 Å². The first-order valence-corrected chi connectivity index (χ1v) is 9.56. The monoisotopic (exact) mass is 393 g/mol. The maximum absolute atomic E-state index is 12.6. The van der Waals surface area contributed by atoms with E-state index in [1.54, 1.807) is 19.1 Å². The van der Waals surface area contributed by atoms with Crippen LogP contribution in [0.1, 0.15) is 29.6 Å². The highest BCUT2D eigenvalue weighted by Crippen LogP contribution is 2.35. The van der Waals surface area contributed by atoms with Gasteiger partial charge in [0.05, 0.1) is 19.9 Å². The number of hydrogen-bond acceptors (Lipinski definition) is 6. The van der Waals surface area contributed by atoms with E-state index >= 15 is 0 Å². The molecule has 0 bridgehead atoms. The van der Waals surface area contributed by atoms with E-state index in [-0.39, 0.29) is 11.8 Å². The summed E-state index contributed by atoms with van der Waals surface area (Å²) in [5, 5.41) is 4.13. The molecular formula is C22H23N3O4. The fourth-order valence-electron chi connectivity index (χ4n) is 3.55. The molecule has 0 spiro atoms. The van der Waals surface area contributed by atoms with Crippen molar-refractivity contribution in [2.24, 2.45) is 0 Å². The van der Waals surface area contributed by atoms with Gasteiger partial charge in [0.2, 0.25) is 11.8 Å². The van der Waals surface area contributed by atoms with Crippen LogP contribution in [-0.2, 0) is 17.6 Å². The van der Waals surface area contributed by atoms with Crippen molar-refractivity contribution in [2.45, 2.75) is 25.2 Å². The Morgan fingerprint density at radius 3 is 2.62 bits per heavy atom. The number of carbonyl (C=O) groups excluding carboxylic acids is 1. The molecule has 1 aliphatic rings. The number of ether oxygens (including phenoxy) is 2. The van der Waals surface area contributed by atoms with Gasteiger partial charge in [0.25, 0.3) is 0 Å². The number of rotatable bonds is 7. The number of anilines is 1. The van der Waals surface area contributed by atoms with E-state index in [2.05, 4.69) is 10.1 Å². The van der Waals surface area contributed by atoms with E-state index in [1.807, 2.05) is 48.5 Å². The zero-order valence-corrected chi connectivity index (χ0v) is 16.5. The van der Waals surface area contributed by atoms with Gasteiger partial charge in [-0.05, 0) is 36.2 Å². The Labute approximate surface area is 169 Å². The lowest BCUT2D eigenvalue weighted by Gasteiger charge is -2.18. The van der Waals surface area contributed by atoms with E-state index in [0.29, 0.717) is 36.9 Å². The molecule has 1 fully saturated rings. The van der Waals surface area contributed by atoms with Crippen molar-refractivity contribution in [2.75, 3.05) is 25.7 Å². The topological polar surface area (TPSA) is 77.7 Å². The van der Waals surface area contributed by atoms with Gasteiger partial charge in [0.15, 0.2) is 5.82 Å². The molecule has 29 heavy (non-hydrogen) atoms. The molecule has 7 nitrogen and oxygen atoms in total. The Bertz CT molecular complexity index is 984. The predicted molar refractivity (Wildman–Crippen MR) is 107 cm³/mol. The van der Waals surface area contributed by atoms with Crippen LogP contribution in [0, 0.1) is 0 Å². The average molecular weight is 393 g/mol. The standard InChI is InChI=1S/C22H23N3O4/c1-27-17-10-7-15(8-11-17)9-12-20-23-22(24-29-20)16-13-21(26)25(14-16)18-5-3-4-6-19(18)28-2/h3-8,10-11,16H,9,12-14H2,1-2H3. The molecule has 2 aromatic carbocycles. The maximum atomic E-state index is 12.6. The van der Waals surface area contributed by atoms with E-state index in [0.717, 1.165) is 17.9 Å². The van der Waals surface area contributed by atoms with Crippen LogP contribution in [0.5, 0.6) is 11.5 Å². The summed E-state index contributed by atoms with van der Waals surface area (Å²) in [4.78, 5) is 18.8. The van der Waals surface area contributed by atoms with Gasteiger partial charge in [0.1, 0.15) is 11.5 Å². The molecule has 3 aromatic rings. The third-order valence-electron chi connectivity index (χ3n) is 5.14. The summed E-state index contributed by atoms with van der Waals surface area (Å²) < 4.78 is 16.0. The summed E-state index contributed by atoms with van der Waals surface area (Å²) in [6, 6.07) is 15.4. The fourth-order valence-corrected chi connectivity index (χ4v) is 3.55. The molecule has 4 rings (SSSR count). The van der Waals surface area contributed by atoms with Crippen molar-refractivity contribution >= 4 is 11.6 Å².